The normalized spacial score (nSPS) is 21.4. The van der Waals surface area contributed by atoms with E-state index in [9.17, 15) is 18.0 Å². The molecule has 1 unspecified atom stereocenters. The molecule has 1 saturated heterocycles. The predicted molar refractivity (Wildman–Crippen MR) is 75.9 cm³/mol. The Morgan fingerprint density at radius 1 is 1.30 bits per heavy atom. The van der Waals surface area contributed by atoms with E-state index in [0.717, 1.165) is 10.1 Å². The maximum absolute atomic E-state index is 12.4. The third-order valence-electron chi connectivity index (χ3n) is 3.66. The summed E-state index contributed by atoms with van der Waals surface area (Å²) >= 11 is 0. The van der Waals surface area contributed by atoms with Gasteiger partial charge in [0, 0.05) is 0 Å². The van der Waals surface area contributed by atoms with Gasteiger partial charge in [0.05, 0.1) is 28.5 Å². The summed E-state index contributed by atoms with van der Waals surface area (Å²) in [6, 6.07) is 4.61. The molecule has 0 radical (unpaired) electrons. The molecule has 1 aromatic carbocycles. The lowest BCUT2D eigenvalue weighted by Crippen LogP contribution is -2.38. The van der Waals surface area contributed by atoms with Crippen molar-refractivity contribution < 1.29 is 8.42 Å². The molecular weight excluding hydrogens is 280 g/mol. The van der Waals surface area contributed by atoms with Crippen LogP contribution >= 0.6 is 0 Å². The Labute approximate surface area is 115 Å². The standard InChI is InChI=1S/C13H14N2O4S/c1-8-2-3-10-11(6-8)14-13(17)15(12(10)16)9-4-5-20(18,19)7-9/h2-3,6,9H,4-5,7H2,1H3,(H,14,17). The molecule has 0 spiro atoms. The second kappa shape index (κ2) is 4.31. The van der Waals surface area contributed by atoms with Crippen molar-refractivity contribution in [3.8, 4) is 0 Å². The van der Waals surface area contributed by atoms with Crippen molar-refractivity contribution in [3.05, 3.63) is 44.6 Å². The zero-order chi connectivity index (χ0) is 14.5. The van der Waals surface area contributed by atoms with Crippen LogP contribution in [0.25, 0.3) is 10.9 Å². The van der Waals surface area contributed by atoms with Gasteiger partial charge in [0.1, 0.15) is 0 Å². The number of nitrogens with zero attached hydrogens (tertiary/aromatic N) is 1. The minimum absolute atomic E-state index is 0.0233. The number of nitrogens with one attached hydrogen (secondary N) is 1. The van der Waals surface area contributed by atoms with Crippen LogP contribution in [-0.4, -0.2) is 29.5 Å². The van der Waals surface area contributed by atoms with Crippen LogP contribution in [0.15, 0.2) is 27.8 Å². The van der Waals surface area contributed by atoms with Crippen molar-refractivity contribution in [3.63, 3.8) is 0 Å². The molecule has 0 saturated carbocycles. The Balaban J connectivity index is 2.25. The molecule has 1 aromatic heterocycles. The van der Waals surface area contributed by atoms with Gasteiger partial charge in [-0.05, 0) is 31.0 Å². The van der Waals surface area contributed by atoms with Gasteiger partial charge in [-0.15, -0.1) is 0 Å². The number of aryl methyl sites for hydroxylation is 1. The molecule has 2 heterocycles. The average molecular weight is 294 g/mol. The van der Waals surface area contributed by atoms with Crippen LogP contribution in [0.3, 0.4) is 0 Å². The second-order valence-corrected chi connectivity index (χ2v) is 7.44. The first-order valence-electron chi connectivity index (χ1n) is 6.33. The first-order chi connectivity index (χ1) is 9.37. The highest BCUT2D eigenvalue weighted by Crippen LogP contribution is 2.21. The van der Waals surface area contributed by atoms with E-state index in [1.807, 2.05) is 6.92 Å². The van der Waals surface area contributed by atoms with Gasteiger partial charge in [0.15, 0.2) is 9.84 Å². The number of hydrogen-bond acceptors (Lipinski definition) is 4. The molecule has 20 heavy (non-hydrogen) atoms. The monoisotopic (exact) mass is 294 g/mol. The molecule has 1 aliphatic heterocycles. The lowest BCUT2D eigenvalue weighted by molar-refractivity contribution is 0.517. The first kappa shape index (κ1) is 13.1. The Bertz CT molecular complexity index is 908. The molecule has 2 aromatic rings. The molecular formula is C13H14N2O4S. The van der Waals surface area contributed by atoms with Gasteiger partial charge in [0.2, 0.25) is 0 Å². The summed E-state index contributed by atoms with van der Waals surface area (Å²) in [6.45, 7) is 1.87. The summed E-state index contributed by atoms with van der Waals surface area (Å²) in [5.74, 6) is -0.122. The van der Waals surface area contributed by atoms with Crippen molar-refractivity contribution in [1.82, 2.24) is 9.55 Å². The summed E-state index contributed by atoms with van der Waals surface area (Å²) in [7, 11) is -3.15. The fourth-order valence-corrected chi connectivity index (χ4v) is 4.36. The maximum Gasteiger partial charge on any atom is 0.329 e. The van der Waals surface area contributed by atoms with Crippen LogP contribution in [-0.2, 0) is 9.84 Å². The number of H-pyrrole nitrogens is 1. The molecule has 7 heteroatoms. The quantitative estimate of drug-likeness (QED) is 0.822. The summed E-state index contributed by atoms with van der Waals surface area (Å²) in [5.41, 5.74) is 0.451. The van der Waals surface area contributed by atoms with E-state index >= 15 is 0 Å². The zero-order valence-corrected chi connectivity index (χ0v) is 11.7. The van der Waals surface area contributed by atoms with Crippen LogP contribution in [0.2, 0.25) is 0 Å². The van der Waals surface area contributed by atoms with E-state index < -0.39 is 27.1 Å². The maximum atomic E-state index is 12.4. The van der Waals surface area contributed by atoms with Crippen molar-refractivity contribution in [2.45, 2.75) is 19.4 Å². The molecule has 6 nitrogen and oxygen atoms in total. The lowest BCUT2D eigenvalue weighted by Gasteiger charge is -2.11. The number of benzene rings is 1. The first-order valence-corrected chi connectivity index (χ1v) is 8.15. The second-order valence-electron chi connectivity index (χ2n) is 5.21. The van der Waals surface area contributed by atoms with E-state index in [1.54, 1.807) is 18.2 Å². The van der Waals surface area contributed by atoms with Crippen molar-refractivity contribution in [1.29, 1.82) is 0 Å². The predicted octanol–water partition coefficient (Wildman–Crippen LogP) is 0.358. The molecule has 0 aliphatic carbocycles. The average Bonchev–Trinajstić information content (AvgIpc) is 2.69. The molecule has 1 aliphatic rings. The van der Waals surface area contributed by atoms with Crippen LogP contribution in [0, 0.1) is 6.92 Å². The Morgan fingerprint density at radius 3 is 2.70 bits per heavy atom. The fraction of sp³-hybridized carbons (Fsp3) is 0.385. The zero-order valence-electron chi connectivity index (χ0n) is 10.9. The molecule has 0 amide bonds. The third kappa shape index (κ3) is 2.07. The number of aromatic amines is 1. The van der Waals surface area contributed by atoms with Crippen LogP contribution in [0.5, 0.6) is 0 Å². The van der Waals surface area contributed by atoms with Gasteiger partial charge in [-0.1, -0.05) is 6.07 Å². The smallest absolute Gasteiger partial charge is 0.307 e. The number of fused-ring (bicyclic) bond motifs is 1. The summed E-state index contributed by atoms with van der Waals surface area (Å²) < 4.78 is 24.1. The van der Waals surface area contributed by atoms with Crippen molar-refractivity contribution in [2.24, 2.45) is 0 Å². The van der Waals surface area contributed by atoms with Crippen molar-refractivity contribution >= 4 is 20.7 Å². The minimum atomic E-state index is -3.15. The summed E-state index contributed by atoms with van der Waals surface area (Å²) in [5, 5.41) is 0.402. The molecule has 106 valence electrons. The number of hydrogen-bond donors (Lipinski definition) is 1. The third-order valence-corrected chi connectivity index (χ3v) is 5.41. The summed E-state index contributed by atoms with van der Waals surface area (Å²) in [6.07, 6.45) is 0.308. The molecule has 3 rings (SSSR count). The topological polar surface area (TPSA) is 89.0 Å². The molecule has 0 bridgehead atoms. The van der Waals surface area contributed by atoms with Crippen molar-refractivity contribution in [2.75, 3.05) is 11.5 Å². The lowest BCUT2D eigenvalue weighted by atomic mass is 10.1. The van der Waals surface area contributed by atoms with Crippen LogP contribution < -0.4 is 11.2 Å². The van der Waals surface area contributed by atoms with E-state index in [2.05, 4.69) is 4.98 Å². The van der Waals surface area contributed by atoms with E-state index in [-0.39, 0.29) is 11.5 Å². The van der Waals surface area contributed by atoms with Gasteiger partial charge >= 0.3 is 5.69 Å². The van der Waals surface area contributed by atoms with E-state index in [1.165, 1.54) is 0 Å². The van der Waals surface area contributed by atoms with Crippen LogP contribution in [0.4, 0.5) is 0 Å². The van der Waals surface area contributed by atoms with Gasteiger partial charge in [-0.3, -0.25) is 9.36 Å². The largest absolute Gasteiger partial charge is 0.329 e. The molecule has 1 atom stereocenters. The number of rotatable bonds is 1. The minimum Gasteiger partial charge on any atom is -0.307 e. The Hall–Kier alpha value is -1.89. The van der Waals surface area contributed by atoms with Gasteiger partial charge in [-0.25, -0.2) is 13.2 Å². The van der Waals surface area contributed by atoms with Crippen LogP contribution in [0.1, 0.15) is 18.0 Å². The summed E-state index contributed by atoms with van der Waals surface area (Å²) in [4.78, 5) is 27.1. The van der Waals surface area contributed by atoms with Gasteiger partial charge < -0.3 is 4.98 Å². The van der Waals surface area contributed by atoms with E-state index in [0.29, 0.717) is 17.3 Å². The van der Waals surface area contributed by atoms with E-state index in [4.69, 9.17) is 0 Å². The van der Waals surface area contributed by atoms with Gasteiger partial charge in [-0.2, -0.15) is 0 Å². The highest BCUT2D eigenvalue weighted by atomic mass is 32.2. The highest BCUT2D eigenvalue weighted by molar-refractivity contribution is 7.91. The Morgan fingerprint density at radius 2 is 2.05 bits per heavy atom. The number of aromatic nitrogens is 2. The highest BCUT2D eigenvalue weighted by Gasteiger charge is 2.31. The molecule has 1 fully saturated rings. The SMILES string of the molecule is Cc1ccc2c(=O)n(C3CCS(=O)(=O)C3)c(=O)[nH]c2c1. The number of sulfone groups is 1. The fourth-order valence-electron chi connectivity index (χ4n) is 2.66. The Kier molecular flexibility index (Phi) is 2.82. The van der Waals surface area contributed by atoms with Gasteiger partial charge in [0.25, 0.3) is 5.56 Å². The molecule has 1 N–H and O–H groups in total.